The molecule has 6 rings (SSSR count). The lowest BCUT2D eigenvalue weighted by molar-refractivity contribution is -0.143. The molecule has 0 spiro atoms. The summed E-state index contributed by atoms with van der Waals surface area (Å²) < 4.78 is 6.99. The average Bonchev–Trinajstić information content (AvgIpc) is 3.33. The highest BCUT2D eigenvalue weighted by Gasteiger charge is 2.46. The number of rotatable bonds is 4. The van der Waals surface area contributed by atoms with Crippen LogP contribution in [0.3, 0.4) is 0 Å². The quantitative estimate of drug-likeness (QED) is 0.510. The predicted octanol–water partition coefficient (Wildman–Crippen LogP) is 5.24. The zero-order valence-corrected chi connectivity index (χ0v) is 20.3. The summed E-state index contributed by atoms with van der Waals surface area (Å²) in [7, 11) is 0. The van der Waals surface area contributed by atoms with E-state index in [-0.39, 0.29) is 23.9 Å². The van der Waals surface area contributed by atoms with E-state index in [1.165, 1.54) is 0 Å². The molecule has 0 saturated carbocycles. The van der Waals surface area contributed by atoms with Crippen molar-refractivity contribution in [3.8, 4) is 0 Å². The Morgan fingerprint density at radius 3 is 2.89 bits per heavy atom. The van der Waals surface area contributed by atoms with Crippen molar-refractivity contribution in [2.24, 2.45) is 0 Å². The van der Waals surface area contributed by atoms with E-state index in [9.17, 15) is 14.7 Å². The van der Waals surface area contributed by atoms with Crippen LogP contribution in [-0.2, 0) is 26.2 Å². The van der Waals surface area contributed by atoms with E-state index >= 15 is 0 Å². The Kier molecular flexibility index (Phi) is 4.93. The molecule has 1 unspecified atom stereocenters. The maximum absolute atomic E-state index is 12.8. The number of allylic oxidation sites excluding steroid dienone is 1. The molecule has 0 aliphatic carbocycles. The second kappa shape index (κ2) is 7.92. The highest BCUT2D eigenvalue weighted by atomic mass is 32.1. The number of carbonyl (C=O) groups excluding carboxylic acids is 1. The topological polar surface area (TPSA) is 79.7 Å². The molecule has 0 bridgehead atoms. The van der Waals surface area contributed by atoms with Gasteiger partial charge in [-0.2, -0.15) is 0 Å². The normalized spacial score (nSPS) is 20.5. The fourth-order valence-corrected chi connectivity index (χ4v) is 6.31. The van der Waals surface area contributed by atoms with Crippen LogP contribution in [0.1, 0.15) is 36.4 Å². The third-order valence-corrected chi connectivity index (χ3v) is 7.99. The number of carbonyl (C=O) groups is 2. The number of carboxylic acids is 1. The first-order valence-electron chi connectivity index (χ1n) is 11.6. The Morgan fingerprint density at radius 2 is 2.09 bits per heavy atom. The minimum atomic E-state index is -0.841. The van der Waals surface area contributed by atoms with Gasteiger partial charge in [-0.25, -0.2) is 9.78 Å². The lowest BCUT2D eigenvalue weighted by Crippen LogP contribution is -2.40. The van der Waals surface area contributed by atoms with Gasteiger partial charge in [0.25, 0.3) is 0 Å². The largest absolute Gasteiger partial charge is 0.481 e. The Balaban J connectivity index is 1.41. The molecule has 0 amide bonds. The van der Waals surface area contributed by atoms with Gasteiger partial charge in [0.2, 0.25) is 0 Å². The number of aromatic nitrogens is 1. The third kappa shape index (κ3) is 3.58. The molecule has 3 aliphatic rings. The van der Waals surface area contributed by atoms with Crippen LogP contribution in [0.15, 0.2) is 71.5 Å². The molecule has 3 aliphatic heterocycles. The van der Waals surface area contributed by atoms with Crippen LogP contribution in [-0.4, -0.2) is 34.7 Å². The molecule has 0 radical (unpaired) electrons. The second-order valence-electron chi connectivity index (χ2n) is 9.64. The molecule has 2 aromatic carbocycles. The van der Waals surface area contributed by atoms with Crippen molar-refractivity contribution in [2.45, 2.75) is 38.2 Å². The first-order valence-corrected chi connectivity index (χ1v) is 12.5. The van der Waals surface area contributed by atoms with Gasteiger partial charge in [0, 0.05) is 35.3 Å². The van der Waals surface area contributed by atoms with E-state index in [1.54, 1.807) is 17.4 Å². The van der Waals surface area contributed by atoms with Gasteiger partial charge in [0.05, 0.1) is 22.2 Å². The number of thiazole rings is 1. The zero-order valence-electron chi connectivity index (χ0n) is 19.4. The van der Waals surface area contributed by atoms with E-state index in [4.69, 9.17) is 4.74 Å². The summed E-state index contributed by atoms with van der Waals surface area (Å²) in [6.07, 6.45) is 6.06. The molecular weight excluding hydrogens is 460 g/mol. The summed E-state index contributed by atoms with van der Waals surface area (Å²) in [5.74, 6) is -1.16. The predicted molar refractivity (Wildman–Crippen MR) is 136 cm³/mol. The van der Waals surface area contributed by atoms with Crippen molar-refractivity contribution in [3.63, 3.8) is 0 Å². The lowest BCUT2D eigenvalue weighted by atomic mass is 9.78. The van der Waals surface area contributed by atoms with Crippen molar-refractivity contribution in [3.05, 3.63) is 87.6 Å². The molecular formula is C28H24N2O4S. The number of nitrogens with zero attached hydrogens (tertiary/aromatic N) is 2. The fourth-order valence-electron chi connectivity index (χ4n) is 5.44. The number of anilines is 1. The fraction of sp³-hybridized carbons (Fsp3) is 0.250. The molecule has 1 aromatic heterocycles. The number of hydrogen-bond acceptors (Lipinski definition) is 6. The van der Waals surface area contributed by atoms with Crippen LogP contribution in [0.5, 0.6) is 0 Å². The lowest BCUT2D eigenvalue weighted by Gasteiger charge is -2.38. The van der Waals surface area contributed by atoms with Gasteiger partial charge in [0.15, 0.2) is 0 Å². The molecule has 3 aromatic rings. The molecule has 176 valence electrons. The number of benzene rings is 2. The molecule has 6 nitrogen and oxygen atoms in total. The summed E-state index contributed by atoms with van der Waals surface area (Å²) >= 11 is 1.58. The number of para-hydroxylation sites is 1. The highest BCUT2D eigenvalue weighted by molar-refractivity contribution is 7.19. The van der Waals surface area contributed by atoms with Gasteiger partial charge < -0.3 is 14.7 Å². The van der Waals surface area contributed by atoms with Crippen molar-refractivity contribution in [1.82, 2.24) is 4.98 Å². The second-order valence-corrected chi connectivity index (χ2v) is 10.7. The van der Waals surface area contributed by atoms with Crippen LogP contribution < -0.4 is 4.90 Å². The molecule has 4 heterocycles. The van der Waals surface area contributed by atoms with E-state index in [2.05, 4.69) is 23.7 Å². The van der Waals surface area contributed by atoms with Crippen LogP contribution in [0.25, 0.3) is 16.3 Å². The monoisotopic (exact) mass is 484 g/mol. The number of aliphatic carboxylic acids is 1. The highest BCUT2D eigenvalue weighted by Crippen LogP contribution is 2.52. The molecule has 35 heavy (non-hydrogen) atoms. The summed E-state index contributed by atoms with van der Waals surface area (Å²) in [5.41, 5.74) is 6.23. The maximum Gasteiger partial charge on any atom is 0.338 e. The summed E-state index contributed by atoms with van der Waals surface area (Å²) in [6, 6.07) is 13.9. The van der Waals surface area contributed by atoms with Gasteiger partial charge in [-0.05, 0) is 47.6 Å². The van der Waals surface area contributed by atoms with E-state index < -0.39 is 5.97 Å². The Morgan fingerprint density at radius 1 is 1.26 bits per heavy atom. The standard InChI is InChI=1S/C28H24N2O4S/c1-28(2)19-13-16(14-25(31)32)7-9-21(19)30-12-11-22-18(26(28)30)15-17(27(33)34-22)8-10-24-29-20-5-3-4-6-23(20)35-24/h3-10,13,15,22H,11-12,14H2,1-2H3,(H,31,32)/b10-8+. The minimum Gasteiger partial charge on any atom is -0.481 e. The first kappa shape index (κ1) is 21.8. The number of carboxylic acid groups (broad SMARTS) is 1. The van der Waals surface area contributed by atoms with Crippen molar-refractivity contribution >= 4 is 45.3 Å². The van der Waals surface area contributed by atoms with E-state index in [0.717, 1.165) is 49.9 Å². The number of fused-ring (bicyclic) bond motifs is 5. The number of hydrogen-bond donors (Lipinski definition) is 1. The zero-order chi connectivity index (χ0) is 24.3. The summed E-state index contributed by atoms with van der Waals surface area (Å²) in [6.45, 7) is 5.06. The van der Waals surface area contributed by atoms with Gasteiger partial charge in [0.1, 0.15) is 11.1 Å². The van der Waals surface area contributed by atoms with E-state index in [0.29, 0.717) is 12.0 Å². The number of ether oxygens (including phenoxy) is 1. The first-order chi connectivity index (χ1) is 16.8. The third-order valence-electron chi connectivity index (χ3n) is 6.99. The van der Waals surface area contributed by atoms with Gasteiger partial charge in [-0.3, -0.25) is 4.79 Å². The van der Waals surface area contributed by atoms with Crippen molar-refractivity contribution in [1.29, 1.82) is 0 Å². The number of esters is 1. The summed E-state index contributed by atoms with van der Waals surface area (Å²) in [4.78, 5) is 31.0. The van der Waals surface area contributed by atoms with Crippen LogP contribution >= 0.6 is 11.3 Å². The summed E-state index contributed by atoms with van der Waals surface area (Å²) in [5, 5.41) is 10.1. The maximum atomic E-state index is 12.8. The van der Waals surface area contributed by atoms with Gasteiger partial charge in [-0.1, -0.05) is 38.1 Å². The molecule has 0 fully saturated rings. The SMILES string of the molecule is CC1(C)C2=C3C=C(/C=C/c4nc5ccccc5s4)C(=O)OC3CCN2c2ccc(CC(=O)O)cc21. The Bertz CT molecular complexity index is 1460. The average molecular weight is 485 g/mol. The molecule has 1 atom stereocenters. The molecule has 7 heteroatoms. The Labute approximate surface area is 206 Å². The van der Waals surface area contributed by atoms with Crippen LogP contribution in [0.2, 0.25) is 0 Å². The smallest absolute Gasteiger partial charge is 0.338 e. The minimum absolute atomic E-state index is 0.00385. The van der Waals surface area contributed by atoms with Crippen molar-refractivity contribution < 1.29 is 19.4 Å². The van der Waals surface area contributed by atoms with Crippen molar-refractivity contribution in [2.75, 3.05) is 11.4 Å². The van der Waals surface area contributed by atoms with Crippen LogP contribution in [0.4, 0.5) is 5.69 Å². The van der Waals surface area contributed by atoms with E-state index in [1.807, 2.05) is 54.6 Å². The Hall–Kier alpha value is -3.71. The van der Waals surface area contributed by atoms with Crippen LogP contribution in [0, 0.1) is 0 Å². The molecule has 0 saturated heterocycles. The van der Waals surface area contributed by atoms with Gasteiger partial charge >= 0.3 is 11.9 Å². The van der Waals surface area contributed by atoms with Gasteiger partial charge in [-0.15, -0.1) is 11.3 Å². The molecule has 1 N–H and O–H groups in total.